The number of nitrogens with zero attached hydrogens (tertiary/aromatic N) is 1. The van der Waals surface area contributed by atoms with Crippen molar-refractivity contribution in [1.29, 1.82) is 0 Å². The first-order valence-corrected chi connectivity index (χ1v) is 8.39. The summed E-state index contributed by atoms with van der Waals surface area (Å²) in [7, 11) is 0. The number of carbonyl (C=O) groups excluding carboxylic acids is 1. The number of aliphatic hydroxyl groups is 1. The Bertz CT molecular complexity index is 491. The van der Waals surface area contributed by atoms with Crippen molar-refractivity contribution in [3.63, 3.8) is 0 Å². The number of nitrogens with two attached hydrogens (primary N) is 1. The van der Waals surface area contributed by atoms with Crippen LogP contribution in [0.25, 0.3) is 0 Å². The average Bonchev–Trinajstić information content (AvgIpc) is 2.53. The van der Waals surface area contributed by atoms with Crippen LogP contribution in [0.2, 0.25) is 0 Å². The number of β-amino-alcohol motifs (C(OH)–C–C–N with tert-alkyl or cyclic N) is 1. The van der Waals surface area contributed by atoms with Gasteiger partial charge in [-0.1, -0.05) is 30.3 Å². The van der Waals surface area contributed by atoms with Crippen molar-refractivity contribution in [3.05, 3.63) is 35.9 Å². The quantitative estimate of drug-likeness (QED) is 0.738. The third-order valence-corrected chi connectivity index (χ3v) is 4.46. The van der Waals surface area contributed by atoms with Gasteiger partial charge >= 0.3 is 0 Å². The van der Waals surface area contributed by atoms with Crippen molar-refractivity contribution in [3.8, 4) is 0 Å². The van der Waals surface area contributed by atoms with Crippen LogP contribution in [0.1, 0.15) is 38.4 Å². The summed E-state index contributed by atoms with van der Waals surface area (Å²) < 4.78 is 0. The van der Waals surface area contributed by atoms with Gasteiger partial charge in [-0.05, 0) is 51.3 Å². The summed E-state index contributed by atoms with van der Waals surface area (Å²) in [6, 6.07) is 9.78. The van der Waals surface area contributed by atoms with Crippen LogP contribution in [-0.4, -0.2) is 47.6 Å². The molecule has 1 heterocycles. The summed E-state index contributed by atoms with van der Waals surface area (Å²) in [5.41, 5.74) is 5.92. The molecule has 0 spiro atoms. The van der Waals surface area contributed by atoms with Crippen molar-refractivity contribution in [2.45, 2.75) is 38.3 Å². The number of nitrogens with one attached hydrogen (secondary N) is 1. The Hall–Kier alpha value is -1.43. The fraction of sp³-hybridized carbons (Fsp3) is 0.611. The fourth-order valence-electron chi connectivity index (χ4n) is 2.86. The summed E-state index contributed by atoms with van der Waals surface area (Å²) in [5, 5.41) is 13.2. The molecule has 1 aliphatic rings. The van der Waals surface area contributed by atoms with Crippen LogP contribution >= 0.6 is 0 Å². The maximum Gasteiger partial charge on any atom is 0.239 e. The summed E-state index contributed by atoms with van der Waals surface area (Å²) >= 11 is 0. The van der Waals surface area contributed by atoms with Crippen LogP contribution in [0, 0.1) is 5.92 Å². The molecule has 5 heteroatoms. The number of piperidine rings is 1. The van der Waals surface area contributed by atoms with E-state index in [9.17, 15) is 9.90 Å². The molecule has 23 heavy (non-hydrogen) atoms. The summed E-state index contributed by atoms with van der Waals surface area (Å²) in [6.07, 6.45) is 1.63. The minimum Gasteiger partial charge on any atom is -0.387 e. The SMILES string of the molecule is CC(C)(N)C(=O)NCC1CCN(CC(O)c2ccccc2)CC1. The largest absolute Gasteiger partial charge is 0.387 e. The predicted octanol–water partition coefficient (Wildman–Crippen LogP) is 1.29. The molecule has 0 radical (unpaired) electrons. The van der Waals surface area contributed by atoms with E-state index in [1.807, 2.05) is 30.3 Å². The Morgan fingerprint density at radius 1 is 1.35 bits per heavy atom. The number of hydrogen-bond acceptors (Lipinski definition) is 4. The van der Waals surface area contributed by atoms with Crippen LogP contribution < -0.4 is 11.1 Å². The number of hydrogen-bond donors (Lipinski definition) is 3. The second-order valence-corrected chi connectivity index (χ2v) is 7.10. The fourth-order valence-corrected chi connectivity index (χ4v) is 2.86. The van der Waals surface area contributed by atoms with Gasteiger partial charge in [0.05, 0.1) is 11.6 Å². The number of amides is 1. The molecule has 1 aromatic rings. The van der Waals surface area contributed by atoms with Gasteiger partial charge in [-0.25, -0.2) is 0 Å². The number of carbonyl (C=O) groups is 1. The molecule has 4 N–H and O–H groups in total. The summed E-state index contributed by atoms with van der Waals surface area (Å²) in [5.74, 6) is 0.394. The van der Waals surface area contributed by atoms with Gasteiger partial charge in [0.1, 0.15) is 0 Å². The smallest absolute Gasteiger partial charge is 0.239 e. The molecule has 1 aromatic carbocycles. The van der Waals surface area contributed by atoms with E-state index in [0.717, 1.165) is 31.5 Å². The second kappa shape index (κ2) is 7.90. The van der Waals surface area contributed by atoms with Gasteiger partial charge in [0.15, 0.2) is 0 Å². The zero-order chi connectivity index (χ0) is 16.9. The van der Waals surface area contributed by atoms with E-state index in [4.69, 9.17) is 5.73 Å². The molecule has 1 saturated heterocycles. The van der Waals surface area contributed by atoms with Crippen molar-refractivity contribution < 1.29 is 9.90 Å². The Kier molecular flexibility index (Phi) is 6.16. The molecule has 0 aliphatic carbocycles. The van der Waals surface area contributed by atoms with Crippen LogP contribution in [-0.2, 0) is 4.79 Å². The topological polar surface area (TPSA) is 78.6 Å². The predicted molar refractivity (Wildman–Crippen MR) is 91.8 cm³/mol. The van der Waals surface area contributed by atoms with Crippen LogP contribution in [0.5, 0.6) is 0 Å². The van der Waals surface area contributed by atoms with Crippen molar-refractivity contribution in [2.24, 2.45) is 11.7 Å². The van der Waals surface area contributed by atoms with Gasteiger partial charge in [0, 0.05) is 13.1 Å². The highest BCUT2D eigenvalue weighted by Crippen LogP contribution is 2.20. The zero-order valence-corrected chi connectivity index (χ0v) is 14.2. The third-order valence-electron chi connectivity index (χ3n) is 4.46. The van der Waals surface area contributed by atoms with Gasteiger partial charge in [-0.15, -0.1) is 0 Å². The van der Waals surface area contributed by atoms with E-state index in [0.29, 0.717) is 19.0 Å². The molecule has 128 valence electrons. The molecule has 0 bridgehead atoms. The van der Waals surface area contributed by atoms with E-state index >= 15 is 0 Å². The number of rotatable bonds is 6. The standard InChI is InChI=1S/C18H29N3O2/c1-18(2,19)17(23)20-12-14-8-10-21(11-9-14)13-16(22)15-6-4-3-5-7-15/h3-7,14,16,22H,8-13,19H2,1-2H3,(H,20,23). The van der Waals surface area contributed by atoms with Gasteiger partial charge in [0.2, 0.25) is 5.91 Å². The molecular formula is C18H29N3O2. The first-order chi connectivity index (χ1) is 10.9. The van der Waals surface area contributed by atoms with Crippen LogP contribution in [0.4, 0.5) is 0 Å². The Morgan fingerprint density at radius 2 is 1.96 bits per heavy atom. The Morgan fingerprint density at radius 3 is 2.52 bits per heavy atom. The molecule has 0 saturated carbocycles. The van der Waals surface area contributed by atoms with E-state index < -0.39 is 11.6 Å². The molecule has 2 rings (SSSR count). The summed E-state index contributed by atoms with van der Waals surface area (Å²) in [6.45, 7) is 6.70. The molecule has 1 unspecified atom stereocenters. The van der Waals surface area contributed by atoms with E-state index in [1.54, 1.807) is 13.8 Å². The molecule has 1 fully saturated rings. The Labute approximate surface area is 138 Å². The number of likely N-dealkylation sites (tertiary alicyclic amines) is 1. The van der Waals surface area contributed by atoms with Crippen LogP contribution in [0.15, 0.2) is 30.3 Å². The van der Waals surface area contributed by atoms with Gasteiger partial charge in [-0.2, -0.15) is 0 Å². The average molecular weight is 319 g/mol. The lowest BCUT2D eigenvalue weighted by molar-refractivity contribution is -0.125. The molecular weight excluding hydrogens is 290 g/mol. The molecule has 5 nitrogen and oxygen atoms in total. The third kappa shape index (κ3) is 5.61. The minimum absolute atomic E-state index is 0.0978. The van der Waals surface area contributed by atoms with Crippen molar-refractivity contribution >= 4 is 5.91 Å². The minimum atomic E-state index is -0.819. The number of benzene rings is 1. The van der Waals surface area contributed by atoms with Gasteiger partial charge < -0.3 is 21.1 Å². The zero-order valence-electron chi connectivity index (χ0n) is 14.2. The normalized spacial score (nSPS) is 18.6. The lowest BCUT2D eigenvalue weighted by atomic mass is 9.95. The highest BCUT2D eigenvalue weighted by Gasteiger charge is 2.25. The molecule has 0 aromatic heterocycles. The molecule has 1 atom stereocenters. The number of aliphatic hydroxyl groups excluding tert-OH is 1. The van der Waals surface area contributed by atoms with Crippen molar-refractivity contribution in [1.82, 2.24) is 10.2 Å². The van der Waals surface area contributed by atoms with Gasteiger partial charge in [0.25, 0.3) is 0 Å². The maximum atomic E-state index is 11.8. The monoisotopic (exact) mass is 319 g/mol. The van der Waals surface area contributed by atoms with Crippen LogP contribution in [0.3, 0.4) is 0 Å². The molecule has 1 amide bonds. The summed E-state index contributed by atoms with van der Waals surface area (Å²) in [4.78, 5) is 14.1. The second-order valence-electron chi connectivity index (χ2n) is 7.10. The Balaban J connectivity index is 1.71. The van der Waals surface area contributed by atoms with E-state index in [2.05, 4.69) is 10.2 Å². The van der Waals surface area contributed by atoms with E-state index in [1.165, 1.54) is 0 Å². The molecule has 1 aliphatic heterocycles. The lowest BCUT2D eigenvalue weighted by Gasteiger charge is -2.33. The highest BCUT2D eigenvalue weighted by molar-refractivity contribution is 5.84. The maximum absolute atomic E-state index is 11.8. The van der Waals surface area contributed by atoms with Gasteiger partial charge in [-0.3, -0.25) is 4.79 Å². The first kappa shape index (κ1) is 17.9. The highest BCUT2D eigenvalue weighted by atomic mass is 16.3. The lowest BCUT2D eigenvalue weighted by Crippen LogP contribution is -2.50. The first-order valence-electron chi connectivity index (χ1n) is 8.39. The van der Waals surface area contributed by atoms with E-state index in [-0.39, 0.29) is 5.91 Å². The van der Waals surface area contributed by atoms with Crippen molar-refractivity contribution in [2.75, 3.05) is 26.2 Å².